The van der Waals surface area contributed by atoms with Crippen LogP contribution in [0.4, 0.5) is 0 Å². The van der Waals surface area contributed by atoms with Gasteiger partial charge >= 0.3 is 0 Å². The molecule has 0 aliphatic heterocycles. The van der Waals surface area contributed by atoms with Crippen LogP contribution in [0.15, 0.2) is 48.5 Å². The molecule has 2 aromatic heterocycles. The molecule has 0 atom stereocenters. The molecule has 1 N–H and O–H groups in total. The van der Waals surface area contributed by atoms with Gasteiger partial charge in [-0.3, -0.25) is 0 Å². The topological polar surface area (TPSA) is 15.8 Å². The van der Waals surface area contributed by atoms with Gasteiger partial charge in [0.2, 0.25) is 0 Å². The van der Waals surface area contributed by atoms with E-state index in [1.165, 1.54) is 119 Å². The van der Waals surface area contributed by atoms with Crippen molar-refractivity contribution in [3.05, 3.63) is 48.5 Å². The number of aromatic nitrogens is 1. The van der Waals surface area contributed by atoms with Gasteiger partial charge in [-0.25, -0.2) is 0 Å². The summed E-state index contributed by atoms with van der Waals surface area (Å²) in [5, 5.41) is 5.36. The van der Waals surface area contributed by atoms with Crippen molar-refractivity contribution in [3.63, 3.8) is 0 Å². The van der Waals surface area contributed by atoms with Crippen LogP contribution in [0.5, 0.6) is 0 Å². The van der Waals surface area contributed by atoms with Gasteiger partial charge in [0, 0.05) is 42.0 Å². The van der Waals surface area contributed by atoms with Crippen molar-refractivity contribution < 1.29 is 0 Å². The van der Waals surface area contributed by atoms with E-state index < -0.39 is 0 Å². The van der Waals surface area contributed by atoms with Crippen molar-refractivity contribution in [1.82, 2.24) is 4.98 Å². The summed E-state index contributed by atoms with van der Waals surface area (Å²) >= 11 is 1.93. The van der Waals surface area contributed by atoms with Crippen molar-refractivity contribution in [1.29, 1.82) is 0 Å². The largest absolute Gasteiger partial charge is 0.354 e. The second-order valence-corrected chi connectivity index (χ2v) is 13.6. The van der Waals surface area contributed by atoms with Crippen LogP contribution in [0.25, 0.3) is 64.2 Å². The molecule has 0 amide bonds. The van der Waals surface area contributed by atoms with E-state index in [1.54, 1.807) is 0 Å². The Morgan fingerprint density at radius 3 is 1.43 bits per heavy atom. The summed E-state index contributed by atoms with van der Waals surface area (Å²) in [7, 11) is 22.7. The van der Waals surface area contributed by atoms with E-state index in [0.29, 0.717) is 0 Å². The van der Waals surface area contributed by atoms with Crippen molar-refractivity contribution in [2.45, 2.75) is 0 Å². The maximum Gasteiger partial charge on any atom is 0.139 e. The molecule has 1 nitrogen and oxygen atoms in total. The van der Waals surface area contributed by atoms with E-state index in [2.05, 4.69) is 132 Å². The van der Waals surface area contributed by atoms with Crippen molar-refractivity contribution in [2.24, 2.45) is 0 Å². The number of aromatic amines is 1. The fraction of sp³-hybridized carbons (Fsp3) is 0. The molecule has 0 aliphatic rings. The van der Waals surface area contributed by atoms with Crippen molar-refractivity contribution in [3.8, 4) is 22.3 Å². The first-order chi connectivity index (χ1) is 20.0. The van der Waals surface area contributed by atoms with Gasteiger partial charge in [0.25, 0.3) is 0 Å². The monoisotopic (exact) mass is 545 g/mol. The number of fused-ring (bicyclic) bond motifs is 7. The average Bonchev–Trinajstić information content (AvgIpc) is 3.54. The lowest BCUT2D eigenvalue weighted by Gasteiger charge is -2.20. The minimum Gasteiger partial charge on any atom is -0.354 e. The molecule has 0 unspecified atom stereocenters. The van der Waals surface area contributed by atoms with Crippen molar-refractivity contribution in [2.75, 3.05) is 0 Å². The molecule has 0 saturated heterocycles. The van der Waals surface area contributed by atoms with E-state index >= 15 is 0 Å². The molecule has 7 aromatic rings. The van der Waals surface area contributed by atoms with Gasteiger partial charge in [-0.1, -0.05) is 40.1 Å². The molecule has 0 spiro atoms. The van der Waals surface area contributed by atoms with Crippen LogP contribution < -0.4 is 54.6 Å². The second-order valence-electron chi connectivity index (χ2n) is 12.6. The van der Waals surface area contributed by atoms with Gasteiger partial charge in [0.15, 0.2) is 0 Å². The minimum absolute atomic E-state index is 1.20. The van der Waals surface area contributed by atoms with Crippen molar-refractivity contribution >= 4 is 186 Å². The summed E-state index contributed by atoms with van der Waals surface area (Å²) < 4.78 is 2.72. The van der Waals surface area contributed by atoms with Gasteiger partial charge in [0.1, 0.15) is 78.5 Å². The summed E-state index contributed by atoms with van der Waals surface area (Å²) in [5.74, 6) is 0. The van der Waals surface area contributed by atoms with Crippen LogP contribution >= 0.6 is 11.3 Å². The Balaban J connectivity index is 1.49. The smallest absolute Gasteiger partial charge is 0.139 e. The van der Waals surface area contributed by atoms with Crippen LogP contribution in [-0.2, 0) is 0 Å². The minimum atomic E-state index is 1.20. The van der Waals surface area contributed by atoms with Crippen LogP contribution in [0.3, 0.4) is 0 Å². The van der Waals surface area contributed by atoms with Gasteiger partial charge < -0.3 is 4.98 Å². The Labute approximate surface area is 261 Å². The third-order valence-corrected chi connectivity index (χ3v) is 12.0. The highest BCUT2D eigenvalue weighted by molar-refractivity contribution is 7.26. The Hall–Kier alpha value is -3.23. The molecule has 0 fully saturated rings. The first-order valence-electron chi connectivity index (χ1n) is 15.0. The summed E-state index contributed by atoms with van der Waals surface area (Å²) in [6.45, 7) is 0. The molecule has 42 heavy (non-hydrogen) atoms. The second kappa shape index (κ2) is 9.64. The van der Waals surface area contributed by atoms with E-state index in [1.807, 2.05) is 11.3 Å². The van der Waals surface area contributed by atoms with Crippen LogP contribution in [0, 0.1) is 0 Å². The fourth-order valence-corrected chi connectivity index (χ4v) is 8.64. The average molecular weight is 544 g/mol. The lowest BCUT2D eigenvalue weighted by Crippen LogP contribution is -2.55. The van der Waals surface area contributed by atoms with E-state index in [-0.39, 0.29) is 0 Å². The first kappa shape index (κ1) is 27.6. The molecule has 2 heterocycles. The van der Waals surface area contributed by atoms with E-state index in [0.717, 1.165) is 0 Å². The summed E-state index contributed by atoms with van der Waals surface area (Å²) in [4.78, 5) is 3.73. The quantitative estimate of drug-likeness (QED) is 0.209. The van der Waals surface area contributed by atoms with Gasteiger partial charge in [-0.05, 0) is 52.6 Å². The molecule has 0 radical (unpaired) electrons. The molecule has 0 aliphatic carbocycles. The van der Waals surface area contributed by atoms with Crippen LogP contribution in [0.1, 0.15) is 0 Å². The number of rotatable bonds is 2. The predicted octanol–water partition coefficient (Wildman–Crippen LogP) is -8.39. The first-order valence-corrected chi connectivity index (χ1v) is 15.9. The number of benzene rings is 5. The number of hydrogen-bond donors (Lipinski definition) is 1. The number of thiophene rings is 1. The lowest BCUT2D eigenvalue weighted by atomic mass is 9.59. The Bertz CT molecular complexity index is 2260. The number of nitrogens with one attached hydrogen (secondary N) is 1. The number of hydrogen-bond acceptors (Lipinski definition) is 1. The zero-order valence-corrected chi connectivity index (χ0v) is 27.3. The predicted molar refractivity (Wildman–Crippen MR) is 221 cm³/mol. The van der Waals surface area contributed by atoms with Crippen LogP contribution in [-0.4, -0.2) is 83.4 Å². The normalized spacial score (nSPS) is 11.8. The Morgan fingerprint density at radius 2 is 0.881 bits per heavy atom. The Morgan fingerprint density at radius 1 is 0.429 bits per heavy atom. The molecular formula is C30H29B10NS. The van der Waals surface area contributed by atoms with Gasteiger partial charge in [0.05, 0.1) is 0 Å². The lowest BCUT2D eigenvalue weighted by molar-refractivity contribution is 1.55. The third kappa shape index (κ3) is 3.77. The molecule has 0 saturated carbocycles. The summed E-state index contributed by atoms with van der Waals surface area (Å²) in [6, 6.07) is 18.7. The van der Waals surface area contributed by atoms with E-state index in [9.17, 15) is 0 Å². The molecule has 12 heteroatoms. The zero-order valence-electron chi connectivity index (χ0n) is 26.5. The highest BCUT2D eigenvalue weighted by atomic mass is 32.1. The molecule has 5 aromatic carbocycles. The Kier molecular flexibility index (Phi) is 6.34. The standard InChI is InChI=1S/C30H29B10NS/c31-20-17(21(32)25(36)28(39)24(20)35)9-1-4-14-13(8-9)19-15(41-14)5-3-11-12-7-10(2-6-16(12)42-30(11)19)18-22(33)26(37)29(40)27(38)23(18)34/h1-8,41H,31-40H2. The fourth-order valence-electron chi connectivity index (χ4n) is 7.39. The summed E-state index contributed by atoms with van der Waals surface area (Å²) in [5.41, 5.74) is 21.8. The number of H-pyrrole nitrogens is 1. The SMILES string of the molecule is Bc1c(B)c(B)c(-c2ccc3sc4c(ccc5[nH]c6ccc(-c7c(B)c(B)c(B)c(B)c7B)cc6c54)c3c2)c(B)c1B. The third-order valence-electron chi connectivity index (χ3n) is 10.8. The molecule has 190 valence electrons. The summed E-state index contributed by atoms with van der Waals surface area (Å²) in [6.07, 6.45) is 0. The van der Waals surface area contributed by atoms with Crippen LogP contribution in [0.2, 0.25) is 0 Å². The highest BCUT2D eigenvalue weighted by Crippen LogP contribution is 2.42. The molecule has 0 bridgehead atoms. The maximum atomic E-state index is 3.73. The zero-order chi connectivity index (χ0) is 29.8. The highest BCUT2D eigenvalue weighted by Gasteiger charge is 2.18. The molecule has 7 rings (SSSR count). The van der Waals surface area contributed by atoms with Gasteiger partial charge in [-0.15, -0.1) is 44.1 Å². The molecular weight excluding hydrogens is 515 g/mol. The van der Waals surface area contributed by atoms with E-state index in [4.69, 9.17) is 0 Å². The maximum absolute atomic E-state index is 3.73. The van der Waals surface area contributed by atoms with Gasteiger partial charge in [-0.2, -0.15) is 0 Å².